The molecule has 1 aromatic carbocycles. The molecular formula is C19H19N5O4. The van der Waals surface area contributed by atoms with Gasteiger partial charge in [-0.05, 0) is 49.2 Å². The van der Waals surface area contributed by atoms with Gasteiger partial charge in [-0.2, -0.15) is 4.98 Å². The Morgan fingerprint density at radius 3 is 2.50 bits per heavy atom. The summed E-state index contributed by atoms with van der Waals surface area (Å²) in [4.78, 5) is 28.0. The Kier molecular flexibility index (Phi) is 5.05. The molecule has 144 valence electrons. The number of rotatable bonds is 7. The number of aryl methyl sites for hydroxylation is 1. The van der Waals surface area contributed by atoms with Crippen LogP contribution >= 0.6 is 0 Å². The van der Waals surface area contributed by atoms with E-state index in [9.17, 15) is 9.59 Å². The molecule has 2 aromatic heterocycles. The number of urea groups is 1. The molecule has 3 N–H and O–H groups in total. The van der Waals surface area contributed by atoms with Crippen molar-refractivity contribution in [2.24, 2.45) is 0 Å². The average molecular weight is 381 g/mol. The van der Waals surface area contributed by atoms with E-state index in [2.05, 4.69) is 26.1 Å². The number of carbonyl (C=O) groups is 2. The molecule has 0 aliphatic heterocycles. The van der Waals surface area contributed by atoms with Gasteiger partial charge in [0.25, 0.3) is 0 Å². The number of furan rings is 1. The van der Waals surface area contributed by atoms with Gasteiger partial charge < -0.3 is 24.9 Å². The largest absolute Gasteiger partial charge is 0.461 e. The summed E-state index contributed by atoms with van der Waals surface area (Å²) in [6.45, 7) is 0. The predicted octanol–water partition coefficient (Wildman–Crippen LogP) is 3.18. The molecule has 28 heavy (non-hydrogen) atoms. The number of anilines is 2. The molecule has 0 bridgehead atoms. The second-order valence-corrected chi connectivity index (χ2v) is 6.49. The Morgan fingerprint density at radius 2 is 1.82 bits per heavy atom. The Bertz CT molecular complexity index is 945. The summed E-state index contributed by atoms with van der Waals surface area (Å²) < 4.78 is 10.3. The zero-order valence-corrected chi connectivity index (χ0v) is 15.0. The number of amides is 3. The van der Waals surface area contributed by atoms with Crippen LogP contribution in [0.1, 0.15) is 25.2 Å². The molecule has 0 radical (unpaired) electrons. The molecule has 9 heteroatoms. The summed E-state index contributed by atoms with van der Waals surface area (Å²) >= 11 is 0. The Balaban J connectivity index is 1.23. The molecule has 0 spiro atoms. The SMILES string of the molecule is O=C(CCc1nc(-c2ccco2)no1)Nc1ccc(NC(=O)NC2CC2)cc1. The molecule has 1 aliphatic rings. The fourth-order valence-corrected chi connectivity index (χ4v) is 2.52. The zero-order chi connectivity index (χ0) is 19.3. The van der Waals surface area contributed by atoms with Gasteiger partial charge in [0, 0.05) is 30.3 Å². The lowest BCUT2D eigenvalue weighted by Crippen LogP contribution is -2.30. The first-order valence-corrected chi connectivity index (χ1v) is 8.99. The van der Waals surface area contributed by atoms with E-state index in [1.165, 1.54) is 6.26 Å². The quantitative estimate of drug-likeness (QED) is 0.578. The van der Waals surface area contributed by atoms with Crippen molar-refractivity contribution in [1.82, 2.24) is 15.5 Å². The highest BCUT2D eigenvalue weighted by Gasteiger charge is 2.23. The minimum absolute atomic E-state index is 0.176. The monoisotopic (exact) mass is 381 g/mol. The van der Waals surface area contributed by atoms with Crippen molar-refractivity contribution in [3.05, 3.63) is 48.6 Å². The number of hydrogen-bond acceptors (Lipinski definition) is 6. The zero-order valence-electron chi connectivity index (χ0n) is 15.0. The first-order chi connectivity index (χ1) is 13.7. The predicted molar refractivity (Wildman–Crippen MR) is 101 cm³/mol. The van der Waals surface area contributed by atoms with Crippen LogP contribution < -0.4 is 16.0 Å². The van der Waals surface area contributed by atoms with Gasteiger partial charge in [-0.3, -0.25) is 4.79 Å². The van der Waals surface area contributed by atoms with Crippen molar-refractivity contribution in [3.8, 4) is 11.6 Å². The van der Waals surface area contributed by atoms with E-state index in [0.717, 1.165) is 12.8 Å². The molecule has 2 heterocycles. The number of aromatic nitrogens is 2. The fourth-order valence-electron chi connectivity index (χ4n) is 2.52. The van der Waals surface area contributed by atoms with Crippen LogP contribution in [0.25, 0.3) is 11.6 Å². The van der Waals surface area contributed by atoms with Crippen LogP contribution in [-0.2, 0) is 11.2 Å². The average Bonchev–Trinajstić information content (AvgIpc) is 3.15. The molecule has 3 amide bonds. The standard InChI is InChI=1S/C19H19N5O4/c25-16(9-10-17-23-18(24-28-17)15-2-1-11-27-15)20-12-3-5-13(6-4-12)21-19(26)22-14-7-8-14/h1-6,11,14H,7-10H2,(H,20,25)(H2,21,22,26). The highest BCUT2D eigenvalue weighted by molar-refractivity contribution is 5.92. The first-order valence-electron chi connectivity index (χ1n) is 8.99. The third-order valence-corrected chi connectivity index (χ3v) is 4.11. The lowest BCUT2D eigenvalue weighted by Gasteiger charge is -2.08. The Labute approximate surface area is 160 Å². The van der Waals surface area contributed by atoms with Gasteiger partial charge in [-0.1, -0.05) is 5.16 Å². The van der Waals surface area contributed by atoms with E-state index in [1.807, 2.05) is 0 Å². The first kappa shape index (κ1) is 17.8. The van der Waals surface area contributed by atoms with Crippen molar-refractivity contribution < 1.29 is 18.5 Å². The number of hydrogen-bond donors (Lipinski definition) is 3. The maximum absolute atomic E-state index is 12.1. The molecule has 0 unspecified atom stereocenters. The third-order valence-electron chi connectivity index (χ3n) is 4.11. The summed E-state index contributed by atoms with van der Waals surface area (Å²) in [5.41, 5.74) is 1.30. The van der Waals surface area contributed by atoms with Crippen LogP contribution in [0.4, 0.5) is 16.2 Å². The second kappa shape index (κ2) is 7.95. The third kappa shape index (κ3) is 4.76. The van der Waals surface area contributed by atoms with Gasteiger partial charge in [0.15, 0.2) is 5.76 Å². The lowest BCUT2D eigenvalue weighted by molar-refractivity contribution is -0.116. The molecule has 3 aromatic rings. The number of nitrogens with one attached hydrogen (secondary N) is 3. The summed E-state index contributed by atoms with van der Waals surface area (Å²) in [5, 5.41) is 12.2. The van der Waals surface area contributed by atoms with Gasteiger partial charge in [-0.25, -0.2) is 4.79 Å². The van der Waals surface area contributed by atoms with Gasteiger partial charge >= 0.3 is 6.03 Å². The summed E-state index contributed by atoms with van der Waals surface area (Å²) in [6.07, 6.45) is 4.11. The van der Waals surface area contributed by atoms with Crippen molar-refractivity contribution in [2.75, 3.05) is 10.6 Å². The van der Waals surface area contributed by atoms with E-state index in [-0.39, 0.29) is 18.4 Å². The van der Waals surface area contributed by atoms with E-state index >= 15 is 0 Å². The molecule has 1 saturated carbocycles. The van der Waals surface area contributed by atoms with Crippen LogP contribution in [0.2, 0.25) is 0 Å². The van der Waals surface area contributed by atoms with Gasteiger partial charge in [0.05, 0.1) is 6.26 Å². The van der Waals surface area contributed by atoms with Gasteiger partial charge in [0.1, 0.15) is 0 Å². The minimum atomic E-state index is -0.215. The Hall–Kier alpha value is -3.62. The maximum atomic E-state index is 12.1. The normalized spacial score (nSPS) is 13.1. The molecule has 4 rings (SSSR count). The minimum Gasteiger partial charge on any atom is -0.461 e. The van der Waals surface area contributed by atoms with Crippen LogP contribution in [0, 0.1) is 0 Å². The van der Waals surface area contributed by atoms with Crippen LogP contribution in [-0.4, -0.2) is 28.1 Å². The fraction of sp³-hybridized carbons (Fsp3) is 0.263. The molecule has 1 aliphatic carbocycles. The molecule has 0 saturated heterocycles. The van der Waals surface area contributed by atoms with Gasteiger partial charge in [-0.15, -0.1) is 0 Å². The molecule has 0 atom stereocenters. The van der Waals surface area contributed by atoms with Crippen molar-refractivity contribution in [2.45, 2.75) is 31.7 Å². The van der Waals surface area contributed by atoms with E-state index in [4.69, 9.17) is 8.94 Å². The highest BCUT2D eigenvalue weighted by atomic mass is 16.5. The van der Waals surface area contributed by atoms with Crippen molar-refractivity contribution in [3.63, 3.8) is 0 Å². The van der Waals surface area contributed by atoms with E-state index < -0.39 is 0 Å². The number of benzene rings is 1. The van der Waals surface area contributed by atoms with Crippen LogP contribution in [0.3, 0.4) is 0 Å². The van der Waals surface area contributed by atoms with Crippen LogP contribution in [0.15, 0.2) is 51.6 Å². The number of carbonyl (C=O) groups excluding carboxylic acids is 2. The van der Waals surface area contributed by atoms with Crippen molar-refractivity contribution >= 4 is 23.3 Å². The maximum Gasteiger partial charge on any atom is 0.319 e. The molecule has 1 fully saturated rings. The summed E-state index contributed by atoms with van der Waals surface area (Å²) in [7, 11) is 0. The molecular weight excluding hydrogens is 362 g/mol. The smallest absolute Gasteiger partial charge is 0.319 e. The summed E-state index contributed by atoms with van der Waals surface area (Å²) in [5.74, 6) is 1.06. The second-order valence-electron chi connectivity index (χ2n) is 6.49. The highest BCUT2D eigenvalue weighted by Crippen LogP contribution is 2.19. The molecule has 9 nitrogen and oxygen atoms in total. The van der Waals surface area contributed by atoms with Crippen LogP contribution in [0.5, 0.6) is 0 Å². The summed E-state index contributed by atoms with van der Waals surface area (Å²) in [6, 6.07) is 10.5. The van der Waals surface area contributed by atoms with Gasteiger partial charge in [0.2, 0.25) is 17.6 Å². The topological polar surface area (TPSA) is 122 Å². The lowest BCUT2D eigenvalue weighted by atomic mass is 10.2. The Morgan fingerprint density at radius 1 is 1.07 bits per heavy atom. The van der Waals surface area contributed by atoms with E-state index in [0.29, 0.717) is 41.3 Å². The van der Waals surface area contributed by atoms with Crippen molar-refractivity contribution in [1.29, 1.82) is 0 Å². The number of nitrogens with zero attached hydrogens (tertiary/aromatic N) is 2. The van der Waals surface area contributed by atoms with E-state index in [1.54, 1.807) is 36.4 Å².